The van der Waals surface area contributed by atoms with Crippen molar-refractivity contribution in [3.63, 3.8) is 0 Å². The van der Waals surface area contributed by atoms with Gasteiger partial charge in [-0.1, -0.05) is 13.8 Å². The zero-order chi connectivity index (χ0) is 20.7. The van der Waals surface area contributed by atoms with Gasteiger partial charge < -0.3 is 25.6 Å². The number of ether oxygens (including phenoxy) is 2. The summed E-state index contributed by atoms with van der Waals surface area (Å²) in [6.07, 6.45) is -0.881. The molecule has 0 aliphatic carbocycles. The molecule has 4 N–H and O–H groups in total. The zero-order valence-corrected chi connectivity index (χ0v) is 17.0. The highest BCUT2D eigenvalue weighted by molar-refractivity contribution is 7.08. The molecule has 0 aliphatic heterocycles. The van der Waals surface area contributed by atoms with Crippen molar-refractivity contribution in [2.75, 3.05) is 18.5 Å². The molecule has 8 heteroatoms. The second-order valence-corrected chi connectivity index (χ2v) is 7.38. The number of carbonyl (C=O) groups excluding carboxylic acids is 2. The molecule has 0 saturated heterocycles. The summed E-state index contributed by atoms with van der Waals surface area (Å²) in [6, 6.07) is 5.94. The Morgan fingerprint density at radius 3 is 2.64 bits per heavy atom. The third kappa shape index (κ3) is 5.79. The lowest BCUT2D eigenvalue weighted by Gasteiger charge is -2.23. The van der Waals surface area contributed by atoms with Crippen molar-refractivity contribution < 1.29 is 24.2 Å². The first-order chi connectivity index (χ1) is 13.3. The second kappa shape index (κ2) is 10.2. The molecule has 2 aromatic rings. The maximum Gasteiger partial charge on any atom is 0.341 e. The molecule has 1 heterocycles. The minimum atomic E-state index is -0.881. The number of hydrogen-bond acceptors (Lipinski definition) is 7. The summed E-state index contributed by atoms with van der Waals surface area (Å²) >= 11 is 1.42. The summed E-state index contributed by atoms with van der Waals surface area (Å²) in [5.41, 5.74) is 7.06. The van der Waals surface area contributed by atoms with E-state index in [4.69, 9.17) is 15.2 Å². The van der Waals surface area contributed by atoms with Crippen LogP contribution < -0.4 is 15.8 Å². The number of rotatable bonds is 9. The Hall–Kier alpha value is -2.42. The Kier molecular flexibility index (Phi) is 7.98. The monoisotopic (exact) mass is 406 g/mol. The van der Waals surface area contributed by atoms with E-state index in [9.17, 15) is 14.7 Å². The van der Waals surface area contributed by atoms with Crippen LogP contribution in [-0.2, 0) is 4.74 Å². The molecule has 1 amide bonds. The lowest BCUT2D eigenvalue weighted by molar-refractivity contribution is 0.0504. The van der Waals surface area contributed by atoms with E-state index in [1.54, 1.807) is 30.5 Å². The summed E-state index contributed by atoms with van der Waals surface area (Å²) in [6.45, 7) is 5.65. The fourth-order valence-electron chi connectivity index (χ4n) is 2.43. The quantitative estimate of drug-likeness (QED) is 0.552. The van der Waals surface area contributed by atoms with Gasteiger partial charge in [-0.25, -0.2) is 4.79 Å². The van der Waals surface area contributed by atoms with Gasteiger partial charge in [-0.2, -0.15) is 11.3 Å². The highest BCUT2D eigenvalue weighted by Gasteiger charge is 2.21. The number of anilines is 1. The van der Waals surface area contributed by atoms with E-state index in [0.29, 0.717) is 11.3 Å². The standard InChI is InChI=1S/C20H26N2O5S/c1-4-26-20(25)15-9-14(22-19(24)13-7-8-28-11-13)5-6-17(15)27-10-16(23)18(21)12(2)3/h5-9,11-12,16,18,23H,4,10,21H2,1-3H3,(H,22,24). The summed E-state index contributed by atoms with van der Waals surface area (Å²) in [5, 5.41) is 16.4. The van der Waals surface area contributed by atoms with E-state index in [0.717, 1.165) is 0 Å². The molecule has 0 bridgehead atoms. The second-order valence-electron chi connectivity index (χ2n) is 6.60. The predicted octanol–water partition coefficient (Wildman–Crippen LogP) is 2.90. The van der Waals surface area contributed by atoms with Crippen molar-refractivity contribution in [1.29, 1.82) is 0 Å². The number of nitrogens with one attached hydrogen (secondary N) is 1. The fraction of sp³-hybridized carbons (Fsp3) is 0.400. The molecule has 28 heavy (non-hydrogen) atoms. The van der Waals surface area contributed by atoms with Gasteiger partial charge in [0.25, 0.3) is 5.91 Å². The smallest absolute Gasteiger partial charge is 0.341 e. The number of aliphatic hydroxyl groups is 1. The van der Waals surface area contributed by atoms with E-state index in [2.05, 4.69) is 5.32 Å². The number of esters is 1. The first kappa shape index (κ1) is 21.9. The van der Waals surface area contributed by atoms with E-state index in [1.807, 2.05) is 19.2 Å². The van der Waals surface area contributed by atoms with Gasteiger partial charge in [-0.05, 0) is 42.5 Å². The number of nitrogens with two attached hydrogens (primary N) is 1. The van der Waals surface area contributed by atoms with Crippen LogP contribution in [-0.4, -0.2) is 42.3 Å². The summed E-state index contributed by atoms with van der Waals surface area (Å²) in [5.74, 6) is -0.519. The molecule has 7 nitrogen and oxygen atoms in total. The van der Waals surface area contributed by atoms with Gasteiger partial charge in [0.05, 0.1) is 12.2 Å². The van der Waals surface area contributed by atoms with Crippen molar-refractivity contribution in [2.45, 2.75) is 32.9 Å². The van der Waals surface area contributed by atoms with Crippen LogP contribution in [0, 0.1) is 5.92 Å². The van der Waals surface area contributed by atoms with E-state index >= 15 is 0 Å². The van der Waals surface area contributed by atoms with Crippen molar-refractivity contribution in [1.82, 2.24) is 0 Å². The van der Waals surface area contributed by atoms with Gasteiger partial charge >= 0.3 is 5.97 Å². The Balaban J connectivity index is 2.17. The molecule has 2 rings (SSSR count). The van der Waals surface area contributed by atoms with Gasteiger partial charge in [-0.3, -0.25) is 4.79 Å². The van der Waals surface area contributed by atoms with Crippen LogP contribution in [0.25, 0.3) is 0 Å². The third-order valence-electron chi connectivity index (χ3n) is 4.14. The number of aliphatic hydroxyl groups excluding tert-OH is 1. The van der Waals surface area contributed by atoms with Gasteiger partial charge in [0.2, 0.25) is 0 Å². The molecule has 152 valence electrons. The lowest BCUT2D eigenvalue weighted by atomic mass is 10.0. The first-order valence-electron chi connectivity index (χ1n) is 9.04. The molecule has 0 spiro atoms. The number of amides is 1. The third-order valence-corrected chi connectivity index (χ3v) is 4.82. The minimum absolute atomic E-state index is 0.0631. The van der Waals surface area contributed by atoms with E-state index in [-0.39, 0.29) is 36.4 Å². The SMILES string of the molecule is CCOC(=O)c1cc(NC(=O)c2ccsc2)ccc1OCC(O)C(N)C(C)C. The van der Waals surface area contributed by atoms with Crippen molar-refractivity contribution in [2.24, 2.45) is 11.7 Å². The molecule has 0 fully saturated rings. The minimum Gasteiger partial charge on any atom is -0.490 e. The van der Waals surface area contributed by atoms with Gasteiger partial charge in [0.1, 0.15) is 24.0 Å². The Bertz CT molecular complexity index is 792. The molecule has 1 aromatic carbocycles. The Labute approximate surface area is 168 Å². The van der Waals surface area contributed by atoms with Crippen LogP contribution in [0.4, 0.5) is 5.69 Å². The summed E-state index contributed by atoms with van der Waals surface area (Å²) in [4.78, 5) is 24.5. The largest absolute Gasteiger partial charge is 0.490 e. The maximum absolute atomic E-state index is 12.3. The van der Waals surface area contributed by atoms with Gasteiger partial charge in [0.15, 0.2) is 0 Å². The number of thiophene rings is 1. The topological polar surface area (TPSA) is 111 Å². The highest BCUT2D eigenvalue weighted by Crippen LogP contribution is 2.25. The molecule has 0 aliphatic rings. The van der Waals surface area contributed by atoms with E-state index < -0.39 is 18.1 Å². The first-order valence-corrected chi connectivity index (χ1v) is 9.99. The maximum atomic E-state index is 12.3. The fourth-order valence-corrected chi connectivity index (χ4v) is 3.07. The van der Waals surface area contributed by atoms with Crippen LogP contribution in [0.15, 0.2) is 35.0 Å². The van der Waals surface area contributed by atoms with Crippen molar-refractivity contribution >= 4 is 28.9 Å². The van der Waals surface area contributed by atoms with Crippen LogP contribution in [0.2, 0.25) is 0 Å². The van der Waals surface area contributed by atoms with Gasteiger partial charge in [-0.15, -0.1) is 0 Å². The lowest BCUT2D eigenvalue weighted by Crippen LogP contribution is -2.42. The molecule has 0 radical (unpaired) electrons. The molecule has 0 saturated carbocycles. The Morgan fingerprint density at radius 1 is 1.29 bits per heavy atom. The van der Waals surface area contributed by atoms with Crippen LogP contribution in [0.1, 0.15) is 41.5 Å². The number of benzene rings is 1. The van der Waals surface area contributed by atoms with Crippen LogP contribution in [0.3, 0.4) is 0 Å². The van der Waals surface area contributed by atoms with Crippen LogP contribution >= 0.6 is 11.3 Å². The van der Waals surface area contributed by atoms with Crippen molar-refractivity contribution in [3.05, 3.63) is 46.2 Å². The predicted molar refractivity (Wildman–Crippen MR) is 109 cm³/mol. The Morgan fingerprint density at radius 2 is 2.04 bits per heavy atom. The average Bonchev–Trinajstić information content (AvgIpc) is 3.21. The molecule has 1 aromatic heterocycles. The van der Waals surface area contributed by atoms with Gasteiger partial charge in [0, 0.05) is 17.1 Å². The molecule has 2 atom stereocenters. The molecular formula is C20H26N2O5S. The summed E-state index contributed by atoms with van der Waals surface area (Å²) in [7, 11) is 0. The molecule has 2 unspecified atom stereocenters. The number of carbonyl (C=O) groups is 2. The summed E-state index contributed by atoms with van der Waals surface area (Å²) < 4.78 is 10.7. The number of hydrogen-bond donors (Lipinski definition) is 3. The van der Waals surface area contributed by atoms with E-state index in [1.165, 1.54) is 17.4 Å². The molecular weight excluding hydrogens is 380 g/mol. The average molecular weight is 407 g/mol. The van der Waals surface area contributed by atoms with Crippen LogP contribution in [0.5, 0.6) is 5.75 Å². The highest BCUT2D eigenvalue weighted by atomic mass is 32.1. The zero-order valence-electron chi connectivity index (χ0n) is 16.2. The van der Waals surface area contributed by atoms with Crippen molar-refractivity contribution in [3.8, 4) is 5.75 Å². The normalized spacial score (nSPS) is 13.1.